The molecule has 0 aromatic heterocycles. The van der Waals surface area contributed by atoms with Crippen LogP contribution in [0.3, 0.4) is 0 Å². The summed E-state index contributed by atoms with van der Waals surface area (Å²) in [6.45, 7) is 4.92. The maximum Gasteiger partial charge on any atom is 0.313 e. The van der Waals surface area contributed by atoms with E-state index in [1.165, 1.54) is 20.0 Å². The molecule has 1 saturated carbocycles. The SMILES string of the molecule is COC(=O)C(C)(C)COCC1CC1. The number of ether oxygens (including phenoxy) is 2. The van der Waals surface area contributed by atoms with Crippen molar-refractivity contribution in [3.8, 4) is 0 Å². The van der Waals surface area contributed by atoms with E-state index in [2.05, 4.69) is 4.74 Å². The Morgan fingerprint density at radius 3 is 2.54 bits per heavy atom. The largest absolute Gasteiger partial charge is 0.469 e. The quantitative estimate of drug-likeness (QED) is 0.612. The minimum absolute atomic E-state index is 0.205. The van der Waals surface area contributed by atoms with E-state index in [-0.39, 0.29) is 5.97 Å². The van der Waals surface area contributed by atoms with Crippen molar-refractivity contribution < 1.29 is 14.3 Å². The van der Waals surface area contributed by atoms with Crippen LogP contribution in [0.5, 0.6) is 0 Å². The van der Waals surface area contributed by atoms with Gasteiger partial charge in [-0.25, -0.2) is 0 Å². The molecule has 0 saturated heterocycles. The van der Waals surface area contributed by atoms with Crippen molar-refractivity contribution in [2.24, 2.45) is 11.3 Å². The summed E-state index contributed by atoms with van der Waals surface area (Å²) in [5, 5.41) is 0. The van der Waals surface area contributed by atoms with Crippen LogP contribution in [0, 0.1) is 11.3 Å². The number of carbonyl (C=O) groups is 1. The zero-order valence-electron chi connectivity index (χ0n) is 8.63. The van der Waals surface area contributed by atoms with E-state index < -0.39 is 5.41 Å². The van der Waals surface area contributed by atoms with Crippen molar-refractivity contribution in [2.75, 3.05) is 20.3 Å². The van der Waals surface area contributed by atoms with E-state index in [4.69, 9.17) is 4.74 Å². The zero-order chi connectivity index (χ0) is 9.90. The van der Waals surface area contributed by atoms with E-state index in [1.54, 1.807) is 0 Å². The van der Waals surface area contributed by atoms with Crippen molar-refractivity contribution >= 4 is 5.97 Å². The Kier molecular flexibility index (Phi) is 3.31. The molecule has 0 N–H and O–H groups in total. The molecule has 0 aromatic carbocycles. The second-order valence-electron chi connectivity index (χ2n) is 4.33. The van der Waals surface area contributed by atoms with Gasteiger partial charge in [-0.1, -0.05) is 0 Å². The van der Waals surface area contributed by atoms with Crippen LogP contribution in [0.15, 0.2) is 0 Å². The van der Waals surface area contributed by atoms with Gasteiger partial charge in [-0.05, 0) is 32.6 Å². The lowest BCUT2D eigenvalue weighted by Crippen LogP contribution is -2.31. The van der Waals surface area contributed by atoms with Crippen molar-refractivity contribution in [2.45, 2.75) is 26.7 Å². The van der Waals surface area contributed by atoms with Gasteiger partial charge in [-0.3, -0.25) is 4.79 Å². The Hall–Kier alpha value is -0.570. The van der Waals surface area contributed by atoms with Crippen LogP contribution in [-0.2, 0) is 14.3 Å². The van der Waals surface area contributed by atoms with Crippen LogP contribution in [0.25, 0.3) is 0 Å². The molecule has 3 nitrogen and oxygen atoms in total. The fraction of sp³-hybridized carbons (Fsp3) is 0.900. The van der Waals surface area contributed by atoms with Gasteiger partial charge in [0.1, 0.15) is 0 Å². The molecule has 76 valence electrons. The van der Waals surface area contributed by atoms with Crippen LogP contribution in [0.1, 0.15) is 26.7 Å². The van der Waals surface area contributed by atoms with Crippen molar-refractivity contribution in [3.05, 3.63) is 0 Å². The van der Waals surface area contributed by atoms with Gasteiger partial charge in [-0.2, -0.15) is 0 Å². The van der Waals surface area contributed by atoms with E-state index in [1.807, 2.05) is 13.8 Å². The molecule has 1 aliphatic carbocycles. The van der Waals surface area contributed by atoms with Gasteiger partial charge in [0.2, 0.25) is 0 Å². The molecular weight excluding hydrogens is 168 g/mol. The van der Waals surface area contributed by atoms with E-state index in [0.29, 0.717) is 6.61 Å². The first-order valence-corrected chi connectivity index (χ1v) is 4.72. The minimum Gasteiger partial charge on any atom is -0.469 e. The third-order valence-corrected chi connectivity index (χ3v) is 2.25. The monoisotopic (exact) mass is 186 g/mol. The van der Waals surface area contributed by atoms with Crippen molar-refractivity contribution in [1.82, 2.24) is 0 Å². The van der Waals surface area contributed by atoms with E-state index >= 15 is 0 Å². The lowest BCUT2D eigenvalue weighted by molar-refractivity contribution is -0.154. The summed E-state index contributed by atoms with van der Waals surface area (Å²) in [6.07, 6.45) is 2.55. The second kappa shape index (κ2) is 4.09. The summed E-state index contributed by atoms with van der Waals surface area (Å²) in [5.74, 6) is 0.539. The highest BCUT2D eigenvalue weighted by molar-refractivity contribution is 5.75. The Morgan fingerprint density at radius 2 is 2.08 bits per heavy atom. The van der Waals surface area contributed by atoms with Crippen LogP contribution >= 0.6 is 0 Å². The van der Waals surface area contributed by atoms with Crippen molar-refractivity contribution in [3.63, 3.8) is 0 Å². The molecule has 0 bridgehead atoms. The van der Waals surface area contributed by atoms with Gasteiger partial charge in [-0.15, -0.1) is 0 Å². The summed E-state index contributed by atoms with van der Waals surface area (Å²) in [5.41, 5.74) is -0.510. The highest BCUT2D eigenvalue weighted by Crippen LogP contribution is 2.29. The minimum atomic E-state index is -0.510. The highest BCUT2D eigenvalue weighted by Gasteiger charge is 2.30. The molecule has 1 rings (SSSR count). The molecule has 0 spiro atoms. The smallest absolute Gasteiger partial charge is 0.313 e. The van der Waals surface area contributed by atoms with E-state index in [0.717, 1.165) is 12.5 Å². The fourth-order valence-electron chi connectivity index (χ4n) is 1.10. The molecule has 13 heavy (non-hydrogen) atoms. The van der Waals surface area contributed by atoms with Gasteiger partial charge in [0.05, 0.1) is 19.1 Å². The van der Waals surface area contributed by atoms with Gasteiger partial charge in [0.15, 0.2) is 0 Å². The molecule has 0 amide bonds. The normalized spacial score (nSPS) is 17.2. The number of methoxy groups -OCH3 is 1. The molecule has 3 heteroatoms. The molecule has 0 aliphatic heterocycles. The fourth-order valence-corrected chi connectivity index (χ4v) is 1.10. The molecule has 0 aromatic rings. The second-order valence-corrected chi connectivity index (χ2v) is 4.33. The molecule has 0 atom stereocenters. The summed E-state index contributed by atoms with van der Waals surface area (Å²) < 4.78 is 10.1. The first kappa shape index (κ1) is 10.5. The van der Waals surface area contributed by atoms with E-state index in [9.17, 15) is 4.79 Å². The maximum atomic E-state index is 11.2. The summed E-state index contributed by atoms with van der Waals surface area (Å²) in [4.78, 5) is 11.2. The van der Waals surface area contributed by atoms with Crippen LogP contribution in [0.4, 0.5) is 0 Å². The standard InChI is InChI=1S/C10H18O3/c1-10(2,9(11)12-3)7-13-6-8-4-5-8/h8H,4-7H2,1-3H3. The average molecular weight is 186 g/mol. The first-order chi connectivity index (χ1) is 6.06. The molecule has 1 fully saturated rings. The van der Waals surface area contributed by atoms with Gasteiger partial charge in [0, 0.05) is 6.61 Å². The van der Waals surface area contributed by atoms with Gasteiger partial charge >= 0.3 is 5.97 Å². The lowest BCUT2D eigenvalue weighted by Gasteiger charge is -2.20. The summed E-state index contributed by atoms with van der Waals surface area (Å²) in [7, 11) is 1.41. The Balaban J connectivity index is 2.19. The topological polar surface area (TPSA) is 35.5 Å². The van der Waals surface area contributed by atoms with Crippen LogP contribution in [-0.4, -0.2) is 26.3 Å². The lowest BCUT2D eigenvalue weighted by atomic mass is 9.95. The molecular formula is C10H18O3. The Labute approximate surface area is 79.4 Å². The predicted molar refractivity (Wildman–Crippen MR) is 49.3 cm³/mol. The van der Waals surface area contributed by atoms with Crippen molar-refractivity contribution in [1.29, 1.82) is 0 Å². The summed E-state index contributed by atoms with van der Waals surface area (Å²) in [6, 6.07) is 0. The Morgan fingerprint density at radius 1 is 1.46 bits per heavy atom. The highest BCUT2D eigenvalue weighted by atomic mass is 16.5. The molecule has 0 unspecified atom stereocenters. The average Bonchev–Trinajstić information content (AvgIpc) is 2.86. The number of hydrogen-bond donors (Lipinski definition) is 0. The zero-order valence-corrected chi connectivity index (χ0v) is 8.63. The maximum absolute atomic E-state index is 11.2. The number of carbonyl (C=O) groups excluding carboxylic acids is 1. The first-order valence-electron chi connectivity index (χ1n) is 4.72. The molecule has 0 radical (unpaired) electrons. The number of rotatable bonds is 5. The predicted octanol–water partition coefficient (Wildman–Crippen LogP) is 1.61. The van der Waals surface area contributed by atoms with Gasteiger partial charge in [0.25, 0.3) is 0 Å². The third-order valence-electron chi connectivity index (χ3n) is 2.25. The molecule has 0 heterocycles. The van der Waals surface area contributed by atoms with Crippen LogP contribution < -0.4 is 0 Å². The summed E-state index contributed by atoms with van der Waals surface area (Å²) >= 11 is 0. The number of hydrogen-bond acceptors (Lipinski definition) is 3. The van der Waals surface area contributed by atoms with Gasteiger partial charge < -0.3 is 9.47 Å². The Bertz CT molecular complexity index is 183. The third kappa shape index (κ3) is 3.35. The number of esters is 1. The molecule has 1 aliphatic rings. The van der Waals surface area contributed by atoms with Crippen LogP contribution in [0.2, 0.25) is 0 Å².